The number of hydrogen-bond acceptors (Lipinski definition) is 5. The van der Waals surface area contributed by atoms with Gasteiger partial charge in [0, 0.05) is 17.8 Å². The van der Waals surface area contributed by atoms with Gasteiger partial charge in [0.2, 0.25) is 5.91 Å². The van der Waals surface area contributed by atoms with Crippen molar-refractivity contribution in [1.82, 2.24) is 0 Å². The molecule has 0 spiro atoms. The van der Waals surface area contributed by atoms with E-state index in [9.17, 15) is 14.4 Å². The van der Waals surface area contributed by atoms with Crippen LogP contribution in [0.15, 0.2) is 66.7 Å². The SMILES string of the molecule is Cc1cccc(NC(=O)COC(=O)CCC(=O)Nc2ccc(Oc3ccc(C)c(C)c3)cc2)c1. The first kappa shape index (κ1) is 24.5. The molecule has 0 fully saturated rings. The number of rotatable bonds is 9. The number of carbonyl (C=O) groups is 3. The second kappa shape index (κ2) is 11.7. The quantitative estimate of drug-likeness (QED) is 0.423. The molecule has 0 aliphatic carbocycles. The Hall–Kier alpha value is -4.13. The lowest BCUT2D eigenvalue weighted by Crippen LogP contribution is -2.21. The average Bonchev–Trinajstić information content (AvgIpc) is 2.80. The van der Waals surface area contributed by atoms with Crippen molar-refractivity contribution in [3.8, 4) is 11.5 Å². The van der Waals surface area contributed by atoms with Crippen LogP contribution in [-0.2, 0) is 19.1 Å². The Bertz CT molecular complexity index is 1170. The van der Waals surface area contributed by atoms with E-state index < -0.39 is 18.5 Å². The lowest BCUT2D eigenvalue weighted by atomic mass is 10.1. The summed E-state index contributed by atoms with van der Waals surface area (Å²) in [6.07, 6.45) is -0.184. The van der Waals surface area contributed by atoms with Crippen molar-refractivity contribution >= 4 is 29.2 Å². The number of benzene rings is 3. The molecule has 0 heterocycles. The molecule has 176 valence electrons. The topological polar surface area (TPSA) is 93.7 Å². The van der Waals surface area contributed by atoms with E-state index in [4.69, 9.17) is 9.47 Å². The van der Waals surface area contributed by atoms with Crippen LogP contribution in [0.4, 0.5) is 11.4 Å². The molecule has 3 aromatic carbocycles. The van der Waals surface area contributed by atoms with Crippen molar-refractivity contribution in [3.05, 3.63) is 83.4 Å². The smallest absolute Gasteiger partial charge is 0.306 e. The van der Waals surface area contributed by atoms with Crippen LogP contribution in [0.5, 0.6) is 11.5 Å². The first-order valence-electron chi connectivity index (χ1n) is 11.0. The van der Waals surface area contributed by atoms with E-state index in [-0.39, 0.29) is 18.7 Å². The van der Waals surface area contributed by atoms with Crippen molar-refractivity contribution in [2.45, 2.75) is 33.6 Å². The van der Waals surface area contributed by atoms with Crippen LogP contribution in [0.2, 0.25) is 0 Å². The summed E-state index contributed by atoms with van der Waals surface area (Å²) in [5.74, 6) is 0.00177. The largest absolute Gasteiger partial charge is 0.457 e. The van der Waals surface area contributed by atoms with E-state index in [0.717, 1.165) is 16.9 Å². The van der Waals surface area contributed by atoms with E-state index in [1.165, 1.54) is 5.56 Å². The molecule has 7 heteroatoms. The lowest BCUT2D eigenvalue weighted by molar-refractivity contribution is -0.147. The molecule has 0 unspecified atom stereocenters. The van der Waals surface area contributed by atoms with Crippen LogP contribution >= 0.6 is 0 Å². The molecule has 0 bridgehead atoms. The van der Waals surface area contributed by atoms with Crippen LogP contribution in [0.1, 0.15) is 29.5 Å². The van der Waals surface area contributed by atoms with Gasteiger partial charge in [0.15, 0.2) is 6.61 Å². The highest BCUT2D eigenvalue weighted by molar-refractivity contribution is 5.94. The fourth-order valence-electron chi connectivity index (χ4n) is 3.10. The fourth-order valence-corrected chi connectivity index (χ4v) is 3.10. The van der Waals surface area contributed by atoms with Crippen molar-refractivity contribution in [3.63, 3.8) is 0 Å². The summed E-state index contributed by atoms with van der Waals surface area (Å²) in [5, 5.41) is 5.38. The predicted octanol–water partition coefficient (Wildman–Crippen LogP) is 5.30. The first-order chi connectivity index (χ1) is 16.3. The summed E-state index contributed by atoms with van der Waals surface area (Å²) < 4.78 is 10.8. The van der Waals surface area contributed by atoms with Crippen LogP contribution < -0.4 is 15.4 Å². The summed E-state index contributed by atoms with van der Waals surface area (Å²) >= 11 is 0. The maximum atomic E-state index is 12.1. The number of anilines is 2. The van der Waals surface area contributed by atoms with Crippen LogP contribution in [0.25, 0.3) is 0 Å². The van der Waals surface area contributed by atoms with Gasteiger partial charge in [0.05, 0.1) is 6.42 Å². The number of carbonyl (C=O) groups excluding carboxylic acids is 3. The predicted molar refractivity (Wildman–Crippen MR) is 131 cm³/mol. The zero-order chi connectivity index (χ0) is 24.5. The van der Waals surface area contributed by atoms with Gasteiger partial charge in [-0.15, -0.1) is 0 Å². The van der Waals surface area contributed by atoms with Gasteiger partial charge in [-0.1, -0.05) is 18.2 Å². The van der Waals surface area contributed by atoms with Crippen LogP contribution in [0.3, 0.4) is 0 Å². The number of nitrogens with one attached hydrogen (secondary N) is 2. The second-order valence-electron chi connectivity index (χ2n) is 8.00. The van der Waals surface area contributed by atoms with E-state index in [2.05, 4.69) is 10.6 Å². The molecule has 0 radical (unpaired) electrons. The maximum absolute atomic E-state index is 12.1. The van der Waals surface area contributed by atoms with Crippen molar-refractivity contribution < 1.29 is 23.9 Å². The van der Waals surface area contributed by atoms with Crippen LogP contribution in [0, 0.1) is 20.8 Å². The van der Waals surface area contributed by atoms with E-state index in [1.54, 1.807) is 30.3 Å². The highest BCUT2D eigenvalue weighted by atomic mass is 16.5. The van der Waals surface area contributed by atoms with Crippen molar-refractivity contribution in [2.24, 2.45) is 0 Å². The van der Waals surface area contributed by atoms with Gasteiger partial charge in [-0.25, -0.2) is 0 Å². The summed E-state index contributed by atoms with van der Waals surface area (Å²) in [6.45, 7) is 5.57. The Morgan fingerprint density at radius 3 is 2.12 bits per heavy atom. The lowest BCUT2D eigenvalue weighted by Gasteiger charge is -2.10. The molecule has 0 saturated heterocycles. The Labute approximate surface area is 199 Å². The molecule has 2 N–H and O–H groups in total. The molecule has 3 rings (SSSR count). The minimum Gasteiger partial charge on any atom is -0.457 e. The summed E-state index contributed by atoms with van der Waals surface area (Å²) in [6, 6.07) is 20.1. The highest BCUT2D eigenvalue weighted by Crippen LogP contribution is 2.25. The van der Waals surface area contributed by atoms with E-state index in [1.807, 2.05) is 57.2 Å². The normalized spacial score (nSPS) is 10.3. The van der Waals surface area contributed by atoms with Crippen molar-refractivity contribution in [1.29, 1.82) is 0 Å². The zero-order valence-corrected chi connectivity index (χ0v) is 19.5. The molecule has 0 aliphatic heterocycles. The number of amides is 2. The molecule has 0 aliphatic rings. The van der Waals surface area contributed by atoms with Gasteiger partial charge in [0.25, 0.3) is 5.91 Å². The summed E-state index contributed by atoms with van der Waals surface area (Å²) in [4.78, 5) is 35.9. The van der Waals surface area contributed by atoms with Gasteiger partial charge < -0.3 is 20.1 Å². The molecular formula is C27H28N2O5. The maximum Gasteiger partial charge on any atom is 0.306 e. The van der Waals surface area contributed by atoms with Gasteiger partial charge in [0.1, 0.15) is 11.5 Å². The molecule has 0 saturated carbocycles. The van der Waals surface area contributed by atoms with Gasteiger partial charge in [-0.05, 0) is 86.0 Å². The molecule has 2 amide bonds. The molecule has 3 aromatic rings. The Morgan fingerprint density at radius 1 is 0.706 bits per heavy atom. The third-order valence-electron chi connectivity index (χ3n) is 5.07. The van der Waals surface area contributed by atoms with E-state index >= 15 is 0 Å². The summed E-state index contributed by atoms with van der Waals surface area (Å²) in [7, 11) is 0. The second-order valence-corrected chi connectivity index (χ2v) is 8.00. The third-order valence-corrected chi connectivity index (χ3v) is 5.07. The average molecular weight is 461 g/mol. The van der Waals surface area contributed by atoms with Gasteiger partial charge in [-0.2, -0.15) is 0 Å². The monoisotopic (exact) mass is 460 g/mol. The molecule has 34 heavy (non-hydrogen) atoms. The van der Waals surface area contributed by atoms with Gasteiger partial charge >= 0.3 is 5.97 Å². The molecule has 7 nitrogen and oxygen atoms in total. The first-order valence-corrected chi connectivity index (χ1v) is 11.0. The Morgan fingerprint density at radius 2 is 1.41 bits per heavy atom. The Balaban J connectivity index is 1.38. The number of hydrogen-bond donors (Lipinski definition) is 2. The molecule has 0 atom stereocenters. The number of aryl methyl sites for hydroxylation is 3. The molecular weight excluding hydrogens is 432 g/mol. The fraction of sp³-hybridized carbons (Fsp3) is 0.222. The highest BCUT2D eigenvalue weighted by Gasteiger charge is 2.11. The Kier molecular flexibility index (Phi) is 8.40. The van der Waals surface area contributed by atoms with Crippen LogP contribution in [-0.4, -0.2) is 24.4 Å². The number of esters is 1. The standard InChI is InChI=1S/C27H28N2O5/c1-18-5-4-6-22(15-18)29-26(31)17-33-27(32)14-13-25(30)28-21-8-11-23(12-9-21)34-24-10-7-19(2)20(3)16-24/h4-12,15-16H,13-14,17H2,1-3H3,(H,28,30)(H,29,31). The minimum absolute atomic E-state index is 0.0563. The molecule has 0 aromatic heterocycles. The number of ether oxygens (including phenoxy) is 2. The third kappa shape index (κ3) is 7.78. The van der Waals surface area contributed by atoms with Crippen molar-refractivity contribution in [2.75, 3.05) is 17.2 Å². The van der Waals surface area contributed by atoms with E-state index in [0.29, 0.717) is 17.1 Å². The zero-order valence-electron chi connectivity index (χ0n) is 19.5. The summed E-state index contributed by atoms with van der Waals surface area (Å²) in [5.41, 5.74) is 4.56. The van der Waals surface area contributed by atoms with Gasteiger partial charge in [-0.3, -0.25) is 14.4 Å². The minimum atomic E-state index is -0.619.